The molecule has 0 saturated carbocycles. The van der Waals surface area contributed by atoms with Crippen molar-refractivity contribution in [3.05, 3.63) is 47.4 Å². The van der Waals surface area contributed by atoms with Crippen molar-refractivity contribution in [3.8, 4) is 11.3 Å². The van der Waals surface area contributed by atoms with Crippen molar-refractivity contribution in [1.82, 2.24) is 4.57 Å². The first kappa shape index (κ1) is 15.6. The highest BCUT2D eigenvalue weighted by Crippen LogP contribution is 2.34. The van der Waals surface area contributed by atoms with Crippen molar-refractivity contribution < 1.29 is 0 Å². The Labute approximate surface area is 135 Å². The summed E-state index contributed by atoms with van der Waals surface area (Å²) in [5.74, 6) is 0. The summed E-state index contributed by atoms with van der Waals surface area (Å²) in [5, 5.41) is 10.9. The van der Waals surface area contributed by atoms with Crippen LogP contribution in [0.2, 0.25) is 0 Å². The molecule has 0 unspecified atom stereocenters. The zero-order chi connectivity index (χ0) is 14.3. The molecule has 3 nitrogen and oxygen atoms in total. The number of hydrogen-bond acceptors (Lipinski definition) is 2. The quantitative estimate of drug-likeness (QED) is 0.535. The number of aryl methyl sites for hydroxylation is 1. The summed E-state index contributed by atoms with van der Waals surface area (Å²) in [6, 6.07) is 12.0. The number of nitrogens with one attached hydrogen (secondary N) is 1. The third-order valence-electron chi connectivity index (χ3n) is 3.91. The van der Waals surface area contributed by atoms with Crippen molar-refractivity contribution in [1.29, 1.82) is 5.41 Å². The van der Waals surface area contributed by atoms with Gasteiger partial charge in [0.15, 0.2) is 0 Å². The van der Waals surface area contributed by atoms with Crippen LogP contribution in [0, 0.1) is 5.41 Å². The van der Waals surface area contributed by atoms with Crippen LogP contribution in [0.3, 0.4) is 0 Å². The van der Waals surface area contributed by atoms with Gasteiger partial charge in [-0.05, 0) is 43.0 Å². The first-order chi connectivity index (χ1) is 9.65. The van der Waals surface area contributed by atoms with Gasteiger partial charge in [0.05, 0.1) is 11.1 Å². The summed E-state index contributed by atoms with van der Waals surface area (Å²) < 4.78 is 2.30. The normalized spacial score (nSPS) is 10.8. The molecular formula is C17H20BrN3. The Balaban J connectivity index is 0.00000161. The molecule has 2 aliphatic rings. The van der Waals surface area contributed by atoms with Gasteiger partial charge in [0.1, 0.15) is 0 Å². The van der Waals surface area contributed by atoms with Crippen LogP contribution in [0.1, 0.15) is 19.5 Å². The smallest absolute Gasteiger partial charge is 0.0561 e. The van der Waals surface area contributed by atoms with E-state index in [1.54, 1.807) is 0 Å². The first-order valence-corrected chi connectivity index (χ1v) is 7.05. The number of fused-ring (bicyclic) bond motifs is 3. The fourth-order valence-corrected chi connectivity index (χ4v) is 3.05. The molecule has 0 amide bonds. The number of anilines is 1. The highest BCUT2D eigenvalue weighted by molar-refractivity contribution is 8.93. The van der Waals surface area contributed by atoms with E-state index in [0.29, 0.717) is 5.36 Å². The number of pyridine rings is 1. The number of hydrogen-bond donors (Lipinski definition) is 2. The molecule has 21 heavy (non-hydrogen) atoms. The predicted octanol–water partition coefficient (Wildman–Crippen LogP) is 3.97. The number of aromatic nitrogens is 1. The maximum absolute atomic E-state index is 7.89. The van der Waals surface area contributed by atoms with Crippen LogP contribution in [-0.2, 0) is 13.0 Å². The molecule has 0 atom stereocenters. The van der Waals surface area contributed by atoms with Crippen LogP contribution in [-0.4, -0.2) is 4.57 Å². The molecule has 1 aliphatic heterocycles. The van der Waals surface area contributed by atoms with Crippen LogP contribution < -0.4 is 11.1 Å². The highest BCUT2D eigenvalue weighted by Gasteiger charge is 2.15. The molecule has 1 aromatic rings. The van der Waals surface area contributed by atoms with Crippen LogP contribution in [0.4, 0.5) is 5.69 Å². The van der Waals surface area contributed by atoms with E-state index in [9.17, 15) is 0 Å². The Morgan fingerprint density at radius 1 is 1.05 bits per heavy atom. The van der Waals surface area contributed by atoms with Crippen LogP contribution >= 0.6 is 17.0 Å². The highest BCUT2D eigenvalue weighted by atomic mass is 79.9. The molecule has 1 aromatic carbocycles. The zero-order valence-corrected chi connectivity index (χ0v) is 14.0. The van der Waals surface area contributed by atoms with E-state index in [-0.39, 0.29) is 17.0 Å². The van der Waals surface area contributed by atoms with Gasteiger partial charge in [0, 0.05) is 28.9 Å². The molecule has 0 spiro atoms. The topological polar surface area (TPSA) is 54.8 Å². The Morgan fingerprint density at radius 2 is 1.81 bits per heavy atom. The van der Waals surface area contributed by atoms with Crippen molar-refractivity contribution in [2.45, 2.75) is 26.8 Å². The molecule has 1 aliphatic carbocycles. The standard InChI is InChI=1S/C17H19N3.BrH/c1-3-16-15-9-11(18)5-7-13(15)14-8-6-12(19)10-17(14)20(16)4-2;/h5-10,19H,3-4,18H2,1-2H3;1H. The van der Waals surface area contributed by atoms with Gasteiger partial charge in [-0.25, -0.2) is 0 Å². The maximum atomic E-state index is 7.89. The largest absolute Gasteiger partial charge is 0.399 e. The van der Waals surface area contributed by atoms with Crippen molar-refractivity contribution in [3.63, 3.8) is 0 Å². The molecule has 110 valence electrons. The number of nitrogen functional groups attached to an aromatic ring is 1. The van der Waals surface area contributed by atoms with E-state index in [4.69, 9.17) is 11.1 Å². The summed E-state index contributed by atoms with van der Waals surface area (Å²) in [6.45, 7) is 5.21. The van der Waals surface area contributed by atoms with Crippen LogP contribution in [0.15, 0.2) is 36.4 Å². The fraction of sp³-hybridized carbons (Fsp3) is 0.235. The SMILES string of the molecule is Br.CCc1c2cc(N)ccc2c2ccc(=N)cc-2n1CC. The van der Waals surface area contributed by atoms with Crippen molar-refractivity contribution >= 4 is 33.4 Å². The van der Waals surface area contributed by atoms with Gasteiger partial charge in [-0.15, -0.1) is 17.0 Å². The van der Waals surface area contributed by atoms with E-state index in [1.807, 2.05) is 24.3 Å². The minimum absolute atomic E-state index is 0. The van der Waals surface area contributed by atoms with Gasteiger partial charge in [-0.2, -0.15) is 0 Å². The van der Waals surface area contributed by atoms with Gasteiger partial charge in [-0.3, -0.25) is 0 Å². The summed E-state index contributed by atoms with van der Waals surface area (Å²) >= 11 is 0. The number of rotatable bonds is 2. The molecule has 0 radical (unpaired) electrons. The third-order valence-corrected chi connectivity index (χ3v) is 3.91. The van der Waals surface area contributed by atoms with Gasteiger partial charge >= 0.3 is 0 Å². The summed E-state index contributed by atoms with van der Waals surface area (Å²) in [6.07, 6.45) is 0.950. The lowest BCUT2D eigenvalue weighted by Gasteiger charge is -2.22. The second kappa shape index (κ2) is 5.90. The Hall–Kier alpha value is -1.81. The predicted molar refractivity (Wildman–Crippen MR) is 94.2 cm³/mol. The lowest BCUT2D eigenvalue weighted by molar-refractivity contribution is 0.721. The first-order valence-electron chi connectivity index (χ1n) is 7.05. The summed E-state index contributed by atoms with van der Waals surface area (Å²) in [4.78, 5) is 0. The maximum Gasteiger partial charge on any atom is 0.0561 e. The molecule has 0 fully saturated rings. The fourth-order valence-electron chi connectivity index (χ4n) is 3.05. The monoisotopic (exact) mass is 345 g/mol. The summed E-state index contributed by atoms with van der Waals surface area (Å²) in [7, 11) is 0. The molecule has 4 heteroatoms. The van der Waals surface area contributed by atoms with Gasteiger partial charge in [0.2, 0.25) is 0 Å². The summed E-state index contributed by atoms with van der Waals surface area (Å²) in [5.41, 5.74) is 10.4. The number of benzene rings is 2. The number of nitrogens with zero attached hydrogens (tertiary/aromatic N) is 1. The number of halogens is 1. The second-order valence-electron chi connectivity index (χ2n) is 5.08. The molecule has 3 rings (SSSR count). The van der Waals surface area contributed by atoms with Crippen LogP contribution in [0.25, 0.3) is 22.0 Å². The van der Waals surface area contributed by atoms with E-state index >= 15 is 0 Å². The Morgan fingerprint density at radius 3 is 2.48 bits per heavy atom. The van der Waals surface area contributed by atoms with E-state index < -0.39 is 0 Å². The molecule has 0 saturated heterocycles. The molecule has 0 bridgehead atoms. The Kier molecular flexibility index (Phi) is 4.37. The van der Waals surface area contributed by atoms with E-state index in [0.717, 1.165) is 24.3 Å². The number of nitrogens with two attached hydrogens (primary N) is 1. The van der Waals surface area contributed by atoms with Gasteiger partial charge in [-0.1, -0.05) is 19.1 Å². The zero-order valence-electron chi connectivity index (χ0n) is 12.3. The minimum atomic E-state index is 0. The molecule has 3 N–H and O–H groups in total. The van der Waals surface area contributed by atoms with Crippen molar-refractivity contribution in [2.24, 2.45) is 0 Å². The van der Waals surface area contributed by atoms with E-state index in [1.165, 1.54) is 22.0 Å². The minimum Gasteiger partial charge on any atom is -0.399 e. The Bertz CT molecular complexity index is 820. The lowest BCUT2D eigenvalue weighted by Crippen LogP contribution is -2.12. The third kappa shape index (κ3) is 2.44. The second-order valence-corrected chi connectivity index (χ2v) is 5.08. The molecular weight excluding hydrogens is 326 g/mol. The average molecular weight is 346 g/mol. The van der Waals surface area contributed by atoms with Gasteiger partial charge in [0.25, 0.3) is 0 Å². The van der Waals surface area contributed by atoms with Crippen molar-refractivity contribution in [2.75, 3.05) is 5.73 Å². The van der Waals surface area contributed by atoms with E-state index in [2.05, 4.69) is 30.5 Å². The average Bonchev–Trinajstić information content (AvgIpc) is 2.45. The lowest BCUT2D eigenvalue weighted by atomic mass is 9.97. The molecule has 1 heterocycles. The molecule has 0 aromatic heterocycles. The van der Waals surface area contributed by atoms with Gasteiger partial charge < -0.3 is 15.7 Å². The van der Waals surface area contributed by atoms with Crippen LogP contribution in [0.5, 0.6) is 0 Å².